The average Bonchev–Trinajstić information content (AvgIpc) is 2.40. The summed E-state index contributed by atoms with van der Waals surface area (Å²) in [6.45, 7) is 0. The predicted octanol–water partition coefficient (Wildman–Crippen LogP) is 2.21. The number of halogens is 1. The Hall–Kier alpha value is -1.78. The molecule has 3 nitrogen and oxygen atoms in total. The van der Waals surface area contributed by atoms with Gasteiger partial charge in [-0.15, -0.1) is 0 Å². The zero-order valence-corrected chi connectivity index (χ0v) is 10.0. The molecule has 0 radical (unpaired) electrons. The van der Waals surface area contributed by atoms with Crippen LogP contribution in [-0.4, -0.2) is 17.1 Å². The van der Waals surface area contributed by atoms with Crippen LogP contribution in [0.15, 0.2) is 48.7 Å². The number of benzene rings is 1. The van der Waals surface area contributed by atoms with E-state index in [0.717, 1.165) is 5.56 Å². The maximum atomic E-state index is 13.1. The number of hydrogen-bond acceptors (Lipinski definition) is 3. The molecule has 0 aliphatic heterocycles. The standard InChI is InChI=1S/C14H15FN2O/c1-16-13(11-7-8-17-12(15)9-11)14(18)10-5-3-2-4-6-10/h2-9,13-14,16,18H,1H3. The van der Waals surface area contributed by atoms with Gasteiger partial charge in [-0.2, -0.15) is 4.39 Å². The van der Waals surface area contributed by atoms with Crippen molar-refractivity contribution in [3.8, 4) is 0 Å². The van der Waals surface area contributed by atoms with E-state index in [1.165, 1.54) is 12.3 Å². The van der Waals surface area contributed by atoms with Crippen LogP contribution in [0.4, 0.5) is 4.39 Å². The van der Waals surface area contributed by atoms with Crippen molar-refractivity contribution in [1.29, 1.82) is 0 Å². The van der Waals surface area contributed by atoms with Crippen molar-refractivity contribution >= 4 is 0 Å². The maximum absolute atomic E-state index is 13.1. The van der Waals surface area contributed by atoms with Crippen molar-refractivity contribution in [2.45, 2.75) is 12.1 Å². The first-order valence-electron chi connectivity index (χ1n) is 5.74. The fourth-order valence-corrected chi connectivity index (χ4v) is 1.96. The number of pyridine rings is 1. The molecule has 18 heavy (non-hydrogen) atoms. The molecule has 4 heteroatoms. The van der Waals surface area contributed by atoms with Gasteiger partial charge in [0.05, 0.1) is 12.1 Å². The zero-order valence-electron chi connectivity index (χ0n) is 10.0. The Morgan fingerprint density at radius 1 is 1.17 bits per heavy atom. The Morgan fingerprint density at radius 2 is 1.89 bits per heavy atom. The molecule has 0 fully saturated rings. The monoisotopic (exact) mass is 246 g/mol. The minimum atomic E-state index is -0.738. The summed E-state index contributed by atoms with van der Waals surface area (Å²) in [4.78, 5) is 3.51. The topological polar surface area (TPSA) is 45.2 Å². The lowest BCUT2D eigenvalue weighted by molar-refractivity contribution is 0.132. The average molecular weight is 246 g/mol. The molecule has 2 unspecified atom stereocenters. The van der Waals surface area contributed by atoms with E-state index in [-0.39, 0.29) is 6.04 Å². The maximum Gasteiger partial charge on any atom is 0.213 e. The Bertz CT molecular complexity index is 504. The van der Waals surface area contributed by atoms with Crippen molar-refractivity contribution < 1.29 is 9.50 Å². The van der Waals surface area contributed by atoms with E-state index in [1.807, 2.05) is 30.3 Å². The van der Waals surface area contributed by atoms with Gasteiger partial charge in [0.15, 0.2) is 0 Å². The molecule has 0 amide bonds. The molecule has 0 aliphatic rings. The SMILES string of the molecule is CNC(c1ccnc(F)c1)C(O)c1ccccc1. The summed E-state index contributed by atoms with van der Waals surface area (Å²) in [6.07, 6.45) is 0.658. The summed E-state index contributed by atoms with van der Waals surface area (Å²) in [5.41, 5.74) is 1.45. The molecule has 2 aromatic rings. The van der Waals surface area contributed by atoms with Gasteiger partial charge in [-0.1, -0.05) is 30.3 Å². The summed E-state index contributed by atoms with van der Waals surface area (Å²) in [6, 6.07) is 11.9. The largest absolute Gasteiger partial charge is 0.386 e. The number of nitrogens with one attached hydrogen (secondary N) is 1. The quantitative estimate of drug-likeness (QED) is 0.813. The Labute approximate surface area is 105 Å². The van der Waals surface area contributed by atoms with Gasteiger partial charge in [0.1, 0.15) is 0 Å². The van der Waals surface area contributed by atoms with Crippen LogP contribution < -0.4 is 5.32 Å². The molecular formula is C14H15FN2O. The van der Waals surface area contributed by atoms with Crippen LogP contribution in [0, 0.1) is 5.95 Å². The summed E-state index contributed by atoms with van der Waals surface area (Å²) in [5, 5.41) is 13.3. The normalized spacial score (nSPS) is 14.2. The molecule has 1 aromatic carbocycles. The Balaban J connectivity index is 2.29. The highest BCUT2D eigenvalue weighted by Crippen LogP contribution is 2.28. The van der Waals surface area contributed by atoms with Gasteiger partial charge in [0.25, 0.3) is 0 Å². The van der Waals surface area contributed by atoms with Gasteiger partial charge in [-0.3, -0.25) is 0 Å². The summed E-state index contributed by atoms with van der Waals surface area (Å²) < 4.78 is 13.1. The van der Waals surface area contributed by atoms with Crippen molar-refractivity contribution in [3.63, 3.8) is 0 Å². The number of aromatic nitrogens is 1. The lowest BCUT2D eigenvalue weighted by atomic mass is 9.97. The smallest absolute Gasteiger partial charge is 0.213 e. The second-order valence-corrected chi connectivity index (χ2v) is 4.03. The van der Waals surface area contributed by atoms with Crippen molar-refractivity contribution in [3.05, 3.63) is 65.7 Å². The molecule has 0 saturated carbocycles. The Morgan fingerprint density at radius 3 is 2.50 bits per heavy atom. The number of nitrogens with zero attached hydrogens (tertiary/aromatic N) is 1. The Kier molecular flexibility index (Phi) is 4.02. The van der Waals surface area contributed by atoms with Crippen molar-refractivity contribution in [2.75, 3.05) is 7.05 Å². The van der Waals surface area contributed by atoms with Gasteiger partial charge >= 0.3 is 0 Å². The third kappa shape index (κ3) is 2.72. The fraction of sp³-hybridized carbons (Fsp3) is 0.214. The number of likely N-dealkylation sites (N-methyl/N-ethyl adjacent to an activating group) is 1. The molecule has 1 aromatic heterocycles. The van der Waals surface area contributed by atoms with Crippen LogP contribution in [0.1, 0.15) is 23.3 Å². The third-order valence-electron chi connectivity index (χ3n) is 2.88. The van der Waals surface area contributed by atoms with E-state index in [2.05, 4.69) is 10.3 Å². The minimum absolute atomic E-state index is 0.370. The predicted molar refractivity (Wildman–Crippen MR) is 67.4 cm³/mol. The number of aliphatic hydroxyl groups is 1. The van der Waals surface area contributed by atoms with E-state index in [9.17, 15) is 9.50 Å². The number of rotatable bonds is 4. The highest BCUT2D eigenvalue weighted by molar-refractivity contribution is 5.24. The van der Waals surface area contributed by atoms with Gasteiger partial charge < -0.3 is 10.4 Å². The van der Waals surface area contributed by atoms with Crippen LogP contribution in [0.5, 0.6) is 0 Å². The first-order chi connectivity index (χ1) is 8.72. The van der Waals surface area contributed by atoms with E-state index >= 15 is 0 Å². The molecule has 0 spiro atoms. The van der Waals surface area contributed by atoms with Gasteiger partial charge in [0.2, 0.25) is 5.95 Å². The second-order valence-electron chi connectivity index (χ2n) is 4.03. The highest BCUT2D eigenvalue weighted by atomic mass is 19.1. The number of hydrogen-bond donors (Lipinski definition) is 2. The lowest BCUT2D eigenvalue weighted by Gasteiger charge is -2.23. The molecule has 1 heterocycles. The molecule has 0 bridgehead atoms. The van der Waals surface area contributed by atoms with E-state index in [4.69, 9.17) is 0 Å². The fourth-order valence-electron chi connectivity index (χ4n) is 1.96. The van der Waals surface area contributed by atoms with Crippen LogP contribution >= 0.6 is 0 Å². The third-order valence-corrected chi connectivity index (χ3v) is 2.88. The first kappa shape index (κ1) is 12.7. The molecule has 0 saturated heterocycles. The second kappa shape index (κ2) is 5.71. The lowest BCUT2D eigenvalue weighted by Crippen LogP contribution is -2.24. The number of aliphatic hydroxyl groups excluding tert-OH is 1. The van der Waals surface area contributed by atoms with Crippen LogP contribution in [0.2, 0.25) is 0 Å². The van der Waals surface area contributed by atoms with Gasteiger partial charge in [-0.25, -0.2) is 4.98 Å². The minimum Gasteiger partial charge on any atom is -0.386 e. The molecular weight excluding hydrogens is 231 g/mol. The van der Waals surface area contributed by atoms with E-state index in [1.54, 1.807) is 13.1 Å². The van der Waals surface area contributed by atoms with Crippen molar-refractivity contribution in [2.24, 2.45) is 0 Å². The van der Waals surface area contributed by atoms with E-state index < -0.39 is 12.1 Å². The van der Waals surface area contributed by atoms with Crippen LogP contribution in [-0.2, 0) is 0 Å². The van der Waals surface area contributed by atoms with Gasteiger partial charge in [0, 0.05) is 6.20 Å². The molecule has 2 N–H and O–H groups in total. The summed E-state index contributed by atoms with van der Waals surface area (Å²) in [7, 11) is 1.73. The van der Waals surface area contributed by atoms with E-state index in [0.29, 0.717) is 5.56 Å². The summed E-state index contributed by atoms with van der Waals surface area (Å²) in [5.74, 6) is -0.548. The van der Waals surface area contributed by atoms with Crippen LogP contribution in [0.3, 0.4) is 0 Å². The molecule has 2 atom stereocenters. The molecule has 2 rings (SSSR count). The van der Waals surface area contributed by atoms with Crippen LogP contribution in [0.25, 0.3) is 0 Å². The molecule has 0 aliphatic carbocycles. The van der Waals surface area contributed by atoms with Crippen molar-refractivity contribution in [1.82, 2.24) is 10.3 Å². The first-order valence-corrected chi connectivity index (χ1v) is 5.74. The molecule has 94 valence electrons. The summed E-state index contributed by atoms with van der Waals surface area (Å²) >= 11 is 0. The van der Waals surface area contributed by atoms with Gasteiger partial charge in [-0.05, 0) is 30.3 Å². The zero-order chi connectivity index (χ0) is 13.0. The highest BCUT2D eigenvalue weighted by Gasteiger charge is 2.21.